The third-order valence-corrected chi connectivity index (χ3v) is 3.17. The van der Waals surface area contributed by atoms with Crippen molar-refractivity contribution in [1.82, 2.24) is 4.90 Å². The Morgan fingerprint density at radius 1 is 1.31 bits per heavy atom. The number of likely N-dealkylation sites (tertiary alicyclic amines) is 1. The van der Waals surface area contributed by atoms with Crippen LogP contribution in [0.3, 0.4) is 0 Å². The minimum atomic E-state index is 0.658. The van der Waals surface area contributed by atoms with Crippen molar-refractivity contribution >= 4 is 0 Å². The third-order valence-electron chi connectivity index (χ3n) is 3.17. The summed E-state index contributed by atoms with van der Waals surface area (Å²) in [4.78, 5) is 2.59. The van der Waals surface area contributed by atoms with Crippen molar-refractivity contribution in [2.45, 2.75) is 39.3 Å². The molecule has 0 amide bonds. The van der Waals surface area contributed by atoms with Crippen molar-refractivity contribution in [3.63, 3.8) is 0 Å². The van der Waals surface area contributed by atoms with E-state index in [1.165, 1.54) is 30.5 Å². The zero-order valence-electron chi connectivity index (χ0n) is 10.3. The van der Waals surface area contributed by atoms with Crippen molar-refractivity contribution in [2.75, 3.05) is 6.54 Å². The highest BCUT2D eigenvalue weighted by molar-refractivity contribution is 5.15. The molecule has 1 fully saturated rings. The maximum atomic E-state index is 2.59. The third kappa shape index (κ3) is 2.96. The first-order valence-corrected chi connectivity index (χ1v) is 6.19. The number of hydrogen-bond donors (Lipinski definition) is 0. The van der Waals surface area contributed by atoms with E-state index < -0.39 is 0 Å². The fourth-order valence-corrected chi connectivity index (χ4v) is 2.44. The largest absolute Gasteiger partial charge is 0.293 e. The lowest BCUT2D eigenvalue weighted by Crippen LogP contribution is -2.27. The molecule has 2 rings (SSSR count). The highest BCUT2D eigenvalue weighted by Crippen LogP contribution is 2.21. The number of benzene rings is 1. The average Bonchev–Trinajstić information content (AvgIpc) is 2.66. The van der Waals surface area contributed by atoms with Crippen LogP contribution < -0.4 is 0 Å². The number of allylic oxidation sites excluding steroid dienone is 1. The fourth-order valence-electron chi connectivity index (χ4n) is 2.44. The normalized spacial score (nSPS) is 21.0. The van der Waals surface area contributed by atoms with Crippen LogP contribution in [0.15, 0.2) is 42.0 Å². The molecule has 1 aliphatic rings. The van der Waals surface area contributed by atoms with Crippen LogP contribution in [-0.2, 0) is 6.54 Å². The quantitative estimate of drug-likeness (QED) is 0.696. The van der Waals surface area contributed by atoms with Crippen molar-refractivity contribution in [3.05, 3.63) is 47.5 Å². The van der Waals surface area contributed by atoms with Gasteiger partial charge in [-0.25, -0.2) is 0 Å². The van der Waals surface area contributed by atoms with Gasteiger partial charge in [-0.1, -0.05) is 42.0 Å². The number of nitrogens with zero attached hydrogens (tertiary/aromatic N) is 1. The molecule has 16 heavy (non-hydrogen) atoms. The van der Waals surface area contributed by atoms with E-state index in [1.807, 2.05) is 0 Å². The van der Waals surface area contributed by atoms with Gasteiger partial charge >= 0.3 is 0 Å². The van der Waals surface area contributed by atoms with Gasteiger partial charge < -0.3 is 0 Å². The van der Waals surface area contributed by atoms with Crippen molar-refractivity contribution in [1.29, 1.82) is 0 Å². The SMILES string of the molecule is CC(C)=CC1CCCN1Cc1ccccc1. The predicted molar refractivity (Wildman–Crippen MR) is 69.3 cm³/mol. The molecule has 0 radical (unpaired) electrons. The van der Waals surface area contributed by atoms with E-state index in [0.717, 1.165) is 6.54 Å². The lowest BCUT2D eigenvalue weighted by Gasteiger charge is -2.22. The summed E-state index contributed by atoms with van der Waals surface area (Å²) >= 11 is 0. The topological polar surface area (TPSA) is 3.24 Å². The first kappa shape index (κ1) is 11.4. The van der Waals surface area contributed by atoms with Gasteiger partial charge in [-0.05, 0) is 38.8 Å². The molecule has 0 saturated carbocycles. The summed E-state index contributed by atoms with van der Waals surface area (Å²) in [5.74, 6) is 0. The van der Waals surface area contributed by atoms with Crippen LogP contribution in [0.1, 0.15) is 32.3 Å². The van der Waals surface area contributed by atoms with Gasteiger partial charge in [0.1, 0.15) is 0 Å². The highest BCUT2D eigenvalue weighted by atomic mass is 15.2. The van der Waals surface area contributed by atoms with Crippen LogP contribution >= 0.6 is 0 Å². The minimum Gasteiger partial charge on any atom is -0.293 e. The second-order valence-corrected chi connectivity index (χ2v) is 4.91. The number of rotatable bonds is 3. The van der Waals surface area contributed by atoms with Gasteiger partial charge in [-0.2, -0.15) is 0 Å². The Morgan fingerprint density at radius 3 is 2.75 bits per heavy atom. The van der Waals surface area contributed by atoms with Gasteiger partial charge in [0.2, 0.25) is 0 Å². The molecule has 0 bridgehead atoms. The monoisotopic (exact) mass is 215 g/mol. The second-order valence-electron chi connectivity index (χ2n) is 4.91. The summed E-state index contributed by atoms with van der Waals surface area (Å²) in [5.41, 5.74) is 2.86. The maximum absolute atomic E-state index is 2.59. The zero-order chi connectivity index (χ0) is 11.4. The molecule has 1 nitrogen and oxygen atoms in total. The first-order chi connectivity index (χ1) is 7.75. The van der Waals surface area contributed by atoms with Crippen molar-refractivity contribution in [3.8, 4) is 0 Å². The van der Waals surface area contributed by atoms with Crippen molar-refractivity contribution in [2.24, 2.45) is 0 Å². The Balaban J connectivity index is 2.02. The Kier molecular flexibility index (Phi) is 3.79. The maximum Gasteiger partial charge on any atom is 0.0284 e. The average molecular weight is 215 g/mol. The molecule has 1 aliphatic heterocycles. The van der Waals surface area contributed by atoms with Crippen LogP contribution in [0.4, 0.5) is 0 Å². The molecule has 1 saturated heterocycles. The van der Waals surface area contributed by atoms with Gasteiger partial charge in [0.25, 0.3) is 0 Å². The Labute approximate surface area is 98.8 Å². The summed E-state index contributed by atoms with van der Waals surface area (Å²) < 4.78 is 0. The fraction of sp³-hybridized carbons (Fsp3) is 0.467. The van der Waals surface area contributed by atoms with Crippen LogP contribution in [0.2, 0.25) is 0 Å². The molecule has 1 aromatic rings. The summed E-state index contributed by atoms with van der Waals surface area (Å²) in [6.45, 7) is 6.72. The Bertz CT molecular complexity index is 349. The van der Waals surface area contributed by atoms with Gasteiger partial charge in [-0.3, -0.25) is 4.90 Å². The molecule has 86 valence electrons. The lowest BCUT2D eigenvalue weighted by atomic mass is 10.1. The summed E-state index contributed by atoms with van der Waals surface area (Å²) in [6, 6.07) is 11.4. The first-order valence-electron chi connectivity index (χ1n) is 6.19. The minimum absolute atomic E-state index is 0.658. The van der Waals surface area contributed by atoms with E-state index >= 15 is 0 Å². The van der Waals surface area contributed by atoms with E-state index in [4.69, 9.17) is 0 Å². The van der Waals surface area contributed by atoms with Crippen LogP contribution in [0, 0.1) is 0 Å². The summed E-state index contributed by atoms with van der Waals surface area (Å²) in [7, 11) is 0. The van der Waals surface area contributed by atoms with Crippen molar-refractivity contribution < 1.29 is 0 Å². The smallest absolute Gasteiger partial charge is 0.0284 e. The van der Waals surface area contributed by atoms with Gasteiger partial charge in [0.05, 0.1) is 0 Å². The van der Waals surface area contributed by atoms with Gasteiger partial charge in [-0.15, -0.1) is 0 Å². The van der Waals surface area contributed by atoms with Gasteiger partial charge in [0.15, 0.2) is 0 Å². The van der Waals surface area contributed by atoms with E-state index in [2.05, 4.69) is 55.2 Å². The molecule has 0 N–H and O–H groups in total. The van der Waals surface area contributed by atoms with Crippen LogP contribution in [-0.4, -0.2) is 17.5 Å². The molecular formula is C15H21N. The molecule has 0 aromatic heterocycles. The van der Waals surface area contributed by atoms with Gasteiger partial charge in [0, 0.05) is 12.6 Å². The van der Waals surface area contributed by atoms with E-state index in [9.17, 15) is 0 Å². The molecular weight excluding hydrogens is 194 g/mol. The second kappa shape index (κ2) is 5.31. The summed E-state index contributed by atoms with van der Waals surface area (Å²) in [5, 5.41) is 0. The lowest BCUT2D eigenvalue weighted by molar-refractivity contribution is 0.281. The standard InChI is InChI=1S/C15H21N/c1-13(2)11-15-9-6-10-16(15)12-14-7-4-3-5-8-14/h3-5,7-8,11,15H,6,9-10,12H2,1-2H3. The Morgan fingerprint density at radius 2 is 2.06 bits per heavy atom. The molecule has 0 aliphatic carbocycles. The molecule has 1 heteroatoms. The highest BCUT2D eigenvalue weighted by Gasteiger charge is 2.21. The molecule has 1 aromatic carbocycles. The molecule has 1 unspecified atom stereocenters. The molecule has 1 atom stereocenters. The predicted octanol–water partition coefficient (Wildman–Crippen LogP) is 3.62. The van der Waals surface area contributed by atoms with Crippen LogP contribution in [0.25, 0.3) is 0 Å². The molecule has 0 spiro atoms. The zero-order valence-corrected chi connectivity index (χ0v) is 10.3. The molecule has 1 heterocycles. The van der Waals surface area contributed by atoms with E-state index in [0.29, 0.717) is 6.04 Å². The Hall–Kier alpha value is -1.08. The van der Waals surface area contributed by atoms with E-state index in [-0.39, 0.29) is 0 Å². The van der Waals surface area contributed by atoms with Crippen LogP contribution in [0.5, 0.6) is 0 Å². The number of hydrogen-bond acceptors (Lipinski definition) is 1. The van der Waals surface area contributed by atoms with E-state index in [1.54, 1.807) is 0 Å². The summed E-state index contributed by atoms with van der Waals surface area (Å²) in [6.07, 6.45) is 5.06.